The summed E-state index contributed by atoms with van der Waals surface area (Å²) in [6.07, 6.45) is 1.21. The van der Waals surface area contributed by atoms with Crippen molar-refractivity contribution in [2.45, 2.75) is 6.42 Å². The van der Waals surface area contributed by atoms with E-state index in [9.17, 15) is 0 Å². The van der Waals surface area contributed by atoms with E-state index in [1.807, 2.05) is 7.05 Å². The molecule has 3 heteroatoms. The standard InChI is InChI=1S/C6H12NO.Y/c1-7-4-6-2-3-8-5-6;/h6H,2-5H2,1H3;/q-1;. The Hall–Kier alpha value is 1.02. The maximum Gasteiger partial charge on any atom is 0.0478 e. The fourth-order valence-corrected chi connectivity index (χ4v) is 0.986. The average molecular weight is 203 g/mol. The third kappa shape index (κ3) is 3.66. The Bertz CT molecular complexity index is 64.1. The molecular weight excluding hydrogens is 191 g/mol. The third-order valence-electron chi connectivity index (χ3n) is 1.46. The molecule has 0 spiro atoms. The summed E-state index contributed by atoms with van der Waals surface area (Å²) in [5, 5.41) is 4.04. The summed E-state index contributed by atoms with van der Waals surface area (Å²) < 4.78 is 5.15. The van der Waals surface area contributed by atoms with E-state index in [0.29, 0.717) is 0 Å². The molecule has 1 rings (SSSR count). The van der Waals surface area contributed by atoms with Crippen molar-refractivity contribution in [2.24, 2.45) is 5.92 Å². The van der Waals surface area contributed by atoms with E-state index in [4.69, 9.17) is 4.74 Å². The normalized spacial score (nSPS) is 25.7. The van der Waals surface area contributed by atoms with Crippen molar-refractivity contribution in [1.29, 1.82) is 0 Å². The molecule has 0 aromatic rings. The monoisotopic (exact) mass is 203 g/mol. The molecule has 1 aliphatic rings. The second kappa shape index (κ2) is 5.78. The minimum absolute atomic E-state index is 0. The van der Waals surface area contributed by atoms with Gasteiger partial charge in [-0.3, -0.25) is 0 Å². The quantitative estimate of drug-likeness (QED) is 0.657. The molecule has 0 amide bonds. The Morgan fingerprint density at radius 1 is 1.67 bits per heavy atom. The molecule has 1 radical (unpaired) electrons. The molecule has 1 aliphatic heterocycles. The molecule has 0 saturated carbocycles. The van der Waals surface area contributed by atoms with Crippen LogP contribution in [0.1, 0.15) is 6.42 Å². The Morgan fingerprint density at radius 2 is 2.44 bits per heavy atom. The van der Waals surface area contributed by atoms with Crippen LogP contribution in [0.2, 0.25) is 0 Å². The summed E-state index contributed by atoms with van der Waals surface area (Å²) >= 11 is 0. The molecule has 1 heterocycles. The molecule has 0 aromatic carbocycles. The maximum atomic E-state index is 5.15. The van der Waals surface area contributed by atoms with Gasteiger partial charge in [-0.2, -0.15) is 7.05 Å². The summed E-state index contributed by atoms with van der Waals surface area (Å²) in [6.45, 7) is 2.86. The Kier molecular flexibility index (Phi) is 6.44. The molecule has 9 heavy (non-hydrogen) atoms. The minimum atomic E-state index is 0. The van der Waals surface area contributed by atoms with Gasteiger partial charge in [-0.05, 0) is 12.3 Å². The maximum absolute atomic E-state index is 5.15. The fourth-order valence-electron chi connectivity index (χ4n) is 0.986. The van der Waals surface area contributed by atoms with Crippen LogP contribution in [0.5, 0.6) is 0 Å². The molecule has 0 bridgehead atoms. The second-order valence-corrected chi connectivity index (χ2v) is 2.23. The predicted octanol–water partition coefficient (Wildman–Crippen LogP) is 1.02. The van der Waals surface area contributed by atoms with Gasteiger partial charge < -0.3 is 10.1 Å². The van der Waals surface area contributed by atoms with Crippen LogP contribution in [0.4, 0.5) is 0 Å². The summed E-state index contributed by atoms with van der Waals surface area (Å²) in [5.74, 6) is 0.722. The predicted molar refractivity (Wildman–Crippen MR) is 33.1 cm³/mol. The van der Waals surface area contributed by atoms with Crippen LogP contribution in [-0.2, 0) is 37.4 Å². The molecule has 51 valence electrons. The van der Waals surface area contributed by atoms with Crippen LogP contribution >= 0.6 is 0 Å². The zero-order valence-corrected chi connectivity index (χ0v) is 8.68. The van der Waals surface area contributed by atoms with Gasteiger partial charge in [-0.25, -0.2) is 0 Å². The fraction of sp³-hybridized carbons (Fsp3) is 1.00. The van der Waals surface area contributed by atoms with E-state index in [0.717, 1.165) is 25.7 Å². The van der Waals surface area contributed by atoms with E-state index >= 15 is 0 Å². The second-order valence-electron chi connectivity index (χ2n) is 2.23. The number of nitrogens with zero attached hydrogens (tertiary/aromatic N) is 1. The molecule has 1 atom stereocenters. The van der Waals surface area contributed by atoms with E-state index in [-0.39, 0.29) is 32.7 Å². The molecule has 1 fully saturated rings. The van der Waals surface area contributed by atoms with Gasteiger partial charge in [-0.15, -0.1) is 6.54 Å². The average Bonchev–Trinajstić information content (AvgIpc) is 2.19. The van der Waals surface area contributed by atoms with Gasteiger partial charge in [0.25, 0.3) is 0 Å². The Morgan fingerprint density at radius 3 is 2.89 bits per heavy atom. The Balaban J connectivity index is 0.000000640. The van der Waals surface area contributed by atoms with Crippen LogP contribution < -0.4 is 0 Å². The smallest absolute Gasteiger partial charge is 0.0478 e. The van der Waals surface area contributed by atoms with Gasteiger partial charge in [-0.1, -0.05) is 0 Å². The molecule has 0 N–H and O–H groups in total. The summed E-state index contributed by atoms with van der Waals surface area (Å²) in [6, 6.07) is 0. The number of ether oxygens (including phenoxy) is 1. The molecular formula is C6H12NOY-. The van der Waals surface area contributed by atoms with Crippen molar-refractivity contribution in [3.8, 4) is 0 Å². The van der Waals surface area contributed by atoms with Crippen LogP contribution in [0.3, 0.4) is 0 Å². The van der Waals surface area contributed by atoms with Crippen LogP contribution in [0.15, 0.2) is 0 Å². The first kappa shape index (κ1) is 10.0. The van der Waals surface area contributed by atoms with Crippen molar-refractivity contribution in [2.75, 3.05) is 26.8 Å². The van der Waals surface area contributed by atoms with Crippen LogP contribution in [0.25, 0.3) is 5.32 Å². The third-order valence-corrected chi connectivity index (χ3v) is 1.46. The first-order chi connectivity index (χ1) is 3.93. The van der Waals surface area contributed by atoms with Gasteiger partial charge in [0.15, 0.2) is 0 Å². The van der Waals surface area contributed by atoms with Gasteiger partial charge in [0, 0.05) is 45.9 Å². The summed E-state index contributed by atoms with van der Waals surface area (Å²) in [4.78, 5) is 0. The van der Waals surface area contributed by atoms with Crippen molar-refractivity contribution in [3.05, 3.63) is 5.32 Å². The first-order valence-electron chi connectivity index (χ1n) is 3.07. The number of hydrogen-bond acceptors (Lipinski definition) is 1. The summed E-state index contributed by atoms with van der Waals surface area (Å²) in [7, 11) is 1.86. The molecule has 0 aliphatic carbocycles. The van der Waals surface area contributed by atoms with Crippen molar-refractivity contribution >= 4 is 0 Å². The van der Waals surface area contributed by atoms with Gasteiger partial charge in [0.1, 0.15) is 0 Å². The van der Waals surface area contributed by atoms with Crippen LogP contribution in [0, 0.1) is 5.92 Å². The number of hydrogen-bond donors (Lipinski definition) is 0. The molecule has 1 unspecified atom stereocenters. The zero-order chi connectivity index (χ0) is 5.82. The van der Waals surface area contributed by atoms with Gasteiger partial charge in [0.2, 0.25) is 0 Å². The van der Waals surface area contributed by atoms with Gasteiger partial charge in [0.05, 0.1) is 0 Å². The van der Waals surface area contributed by atoms with E-state index in [1.54, 1.807) is 0 Å². The molecule has 0 aromatic heterocycles. The van der Waals surface area contributed by atoms with Crippen molar-refractivity contribution < 1.29 is 37.4 Å². The SMILES string of the molecule is C[N-]CC1CCOC1.[Y]. The largest absolute Gasteiger partial charge is 0.665 e. The van der Waals surface area contributed by atoms with Crippen molar-refractivity contribution in [3.63, 3.8) is 0 Å². The summed E-state index contributed by atoms with van der Waals surface area (Å²) in [5.41, 5.74) is 0. The van der Waals surface area contributed by atoms with E-state index in [1.165, 1.54) is 6.42 Å². The topological polar surface area (TPSA) is 23.3 Å². The van der Waals surface area contributed by atoms with Gasteiger partial charge >= 0.3 is 0 Å². The first-order valence-corrected chi connectivity index (χ1v) is 3.07. The molecule has 2 nitrogen and oxygen atoms in total. The number of rotatable bonds is 2. The van der Waals surface area contributed by atoms with Crippen LogP contribution in [-0.4, -0.2) is 26.8 Å². The Labute approximate surface area is 81.6 Å². The van der Waals surface area contributed by atoms with E-state index in [2.05, 4.69) is 5.32 Å². The molecule has 1 saturated heterocycles. The zero-order valence-electron chi connectivity index (χ0n) is 5.84. The van der Waals surface area contributed by atoms with E-state index < -0.39 is 0 Å². The van der Waals surface area contributed by atoms with Crippen molar-refractivity contribution in [1.82, 2.24) is 0 Å². The minimum Gasteiger partial charge on any atom is -0.665 e.